The zero-order chi connectivity index (χ0) is 5.70. The molecular formula is C4H12O2S2. The Bertz CT molecular complexity index is 65.1. The average Bonchev–Trinajstić information content (AvgIpc) is 1.61. The number of rotatable bonds is 3. The van der Waals surface area contributed by atoms with Crippen LogP contribution in [0, 0.1) is 0 Å². The summed E-state index contributed by atoms with van der Waals surface area (Å²) in [6, 6.07) is 0. The lowest BCUT2D eigenvalue weighted by atomic mass is 10.4. The second kappa shape index (κ2) is 7.46. The first-order chi connectivity index (χ1) is 3.27. The highest BCUT2D eigenvalue weighted by Gasteiger charge is 1.87. The second-order valence-electron chi connectivity index (χ2n) is 1.38. The van der Waals surface area contributed by atoms with E-state index in [4.69, 9.17) is 4.55 Å². The van der Waals surface area contributed by atoms with Crippen LogP contribution in [0.25, 0.3) is 0 Å². The summed E-state index contributed by atoms with van der Waals surface area (Å²) in [5, 5.41) is 0. The molecule has 0 aliphatic carbocycles. The zero-order valence-electron chi connectivity index (χ0n) is 4.89. The Hall–Kier alpha value is 0.460. The molecule has 0 aromatic carbocycles. The lowest BCUT2D eigenvalue weighted by molar-refractivity contribution is 0.561. The van der Waals surface area contributed by atoms with Crippen molar-refractivity contribution in [2.24, 2.45) is 0 Å². The molecule has 0 heterocycles. The third-order valence-corrected chi connectivity index (χ3v) is 1.31. The van der Waals surface area contributed by atoms with E-state index < -0.39 is 11.1 Å². The van der Waals surface area contributed by atoms with Crippen molar-refractivity contribution in [3.63, 3.8) is 0 Å². The van der Waals surface area contributed by atoms with Crippen LogP contribution < -0.4 is 0 Å². The van der Waals surface area contributed by atoms with E-state index in [0.29, 0.717) is 5.75 Å². The van der Waals surface area contributed by atoms with Crippen molar-refractivity contribution in [1.29, 1.82) is 0 Å². The van der Waals surface area contributed by atoms with Gasteiger partial charge in [0.05, 0.1) is 0 Å². The minimum atomic E-state index is -1.57. The topological polar surface area (TPSA) is 37.3 Å². The molecule has 2 nitrogen and oxygen atoms in total. The predicted octanol–water partition coefficient (Wildman–Crippen LogP) is 1.12. The molecule has 0 saturated carbocycles. The fourth-order valence-corrected chi connectivity index (χ4v) is 0.803. The molecule has 0 saturated heterocycles. The van der Waals surface area contributed by atoms with E-state index in [1.54, 1.807) is 0 Å². The lowest BCUT2D eigenvalue weighted by Crippen LogP contribution is -1.92. The van der Waals surface area contributed by atoms with Crippen LogP contribution in [0.5, 0.6) is 0 Å². The molecule has 1 N–H and O–H groups in total. The highest BCUT2D eigenvalue weighted by molar-refractivity contribution is 7.79. The molecule has 0 amide bonds. The molecule has 4 heteroatoms. The molecule has 0 rings (SSSR count). The van der Waals surface area contributed by atoms with Gasteiger partial charge in [-0.1, -0.05) is 13.3 Å². The highest BCUT2D eigenvalue weighted by Crippen LogP contribution is 1.86. The summed E-state index contributed by atoms with van der Waals surface area (Å²) in [6.45, 7) is 1.99. The molecular weight excluding hydrogens is 144 g/mol. The minimum Gasteiger partial charge on any atom is -0.306 e. The van der Waals surface area contributed by atoms with E-state index in [9.17, 15) is 4.21 Å². The Morgan fingerprint density at radius 3 is 2.25 bits per heavy atom. The van der Waals surface area contributed by atoms with Crippen LogP contribution in [0.3, 0.4) is 0 Å². The number of hydrogen-bond donors (Lipinski definition) is 1. The van der Waals surface area contributed by atoms with Gasteiger partial charge in [-0.3, -0.25) is 0 Å². The van der Waals surface area contributed by atoms with Crippen molar-refractivity contribution in [2.75, 3.05) is 5.75 Å². The van der Waals surface area contributed by atoms with Crippen LogP contribution in [0.15, 0.2) is 0 Å². The normalized spacial score (nSPS) is 12.2. The Morgan fingerprint density at radius 2 is 2.12 bits per heavy atom. The number of hydrogen-bond acceptors (Lipinski definition) is 1. The first-order valence-electron chi connectivity index (χ1n) is 2.35. The Balaban J connectivity index is 0. The Morgan fingerprint density at radius 1 is 1.62 bits per heavy atom. The molecule has 0 spiro atoms. The molecule has 0 aromatic heterocycles. The summed E-state index contributed by atoms with van der Waals surface area (Å²) < 4.78 is 18.0. The van der Waals surface area contributed by atoms with Gasteiger partial charge in [-0.15, -0.1) is 0 Å². The van der Waals surface area contributed by atoms with E-state index in [0.717, 1.165) is 12.8 Å². The van der Waals surface area contributed by atoms with Gasteiger partial charge in [0.2, 0.25) is 0 Å². The van der Waals surface area contributed by atoms with Gasteiger partial charge in [0.1, 0.15) is 0 Å². The van der Waals surface area contributed by atoms with Crippen LogP contribution in [-0.4, -0.2) is 14.5 Å². The zero-order valence-corrected chi connectivity index (χ0v) is 6.70. The van der Waals surface area contributed by atoms with Crippen molar-refractivity contribution in [2.45, 2.75) is 19.8 Å². The summed E-state index contributed by atoms with van der Waals surface area (Å²) in [7, 11) is 0. The minimum absolute atomic E-state index is 0. The fourth-order valence-electron chi connectivity index (χ4n) is 0.268. The third-order valence-electron chi connectivity index (χ3n) is 0.673. The monoisotopic (exact) mass is 156 g/mol. The van der Waals surface area contributed by atoms with Crippen molar-refractivity contribution in [3.8, 4) is 0 Å². The van der Waals surface area contributed by atoms with E-state index in [1.807, 2.05) is 6.92 Å². The van der Waals surface area contributed by atoms with Crippen LogP contribution in [0.1, 0.15) is 19.8 Å². The van der Waals surface area contributed by atoms with Gasteiger partial charge < -0.3 is 4.55 Å². The standard InChI is InChI=1S/C4H10O2S.H2S/c1-2-3-4-7(5)6;/h2-4H2,1H3,(H,5,6);1H2. The van der Waals surface area contributed by atoms with Gasteiger partial charge >= 0.3 is 0 Å². The maximum Gasteiger partial charge on any atom is 0.152 e. The summed E-state index contributed by atoms with van der Waals surface area (Å²) in [5.41, 5.74) is 0. The van der Waals surface area contributed by atoms with Crippen molar-refractivity contribution in [3.05, 3.63) is 0 Å². The molecule has 1 unspecified atom stereocenters. The van der Waals surface area contributed by atoms with Gasteiger partial charge in [-0.25, -0.2) is 4.21 Å². The smallest absolute Gasteiger partial charge is 0.152 e. The van der Waals surface area contributed by atoms with Crippen LogP contribution in [-0.2, 0) is 11.1 Å². The average molecular weight is 156 g/mol. The van der Waals surface area contributed by atoms with Crippen LogP contribution in [0.4, 0.5) is 0 Å². The molecule has 1 atom stereocenters. The fraction of sp³-hybridized carbons (Fsp3) is 1.00. The highest BCUT2D eigenvalue weighted by atomic mass is 32.2. The van der Waals surface area contributed by atoms with Gasteiger partial charge in [0.15, 0.2) is 11.1 Å². The van der Waals surface area contributed by atoms with Crippen LogP contribution in [0.2, 0.25) is 0 Å². The van der Waals surface area contributed by atoms with E-state index in [-0.39, 0.29) is 13.5 Å². The molecule has 0 bridgehead atoms. The van der Waals surface area contributed by atoms with Gasteiger partial charge in [-0.2, -0.15) is 13.5 Å². The third kappa shape index (κ3) is 9.68. The van der Waals surface area contributed by atoms with E-state index in [2.05, 4.69) is 0 Å². The summed E-state index contributed by atoms with van der Waals surface area (Å²) in [4.78, 5) is 0. The summed E-state index contributed by atoms with van der Waals surface area (Å²) >= 11 is -1.57. The first-order valence-corrected chi connectivity index (χ1v) is 3.62. The van der Waals surface area contributed by atoms with Gasteiger partial charge in [0, 0.05) is 5.75 Å². The quantitative estimate of drug-likeness (QED) is 0.622. The molecule has 0 fully saturated rings. The SMILES string of the molecule is CCCCS(=O)O.S. The van der Waals surface area contributed by atoms with E-state index in [1.165, 1.54) is 0 Å². The largest absolute Gasteiger partial charge is 0.306 e. The van der Waals surface area contributed by atoms with Gasteiger partial charge in [0.25, 0.3) is 0 Å². The lowest BCUT2D eigenvalue weighted by Gasteiger charge is -1.86. The molecule has 0 aliphatic rings. The van der Waals surface area contributed by atoms with Crippen LogP contribution >= 0.6 is 13.5 Å². The second-order valence-corrected chi connectivity index (χ2v) is 2.43. The number of unbranched alkanes of at least 4 members (excludes halogenated alkanes) is 1. The predicted molar refractivity (Wildman–Crippen MR) is 40.9 cm³/mol. The van der Waals surface area contributed by atoms with Gasteiger partial charge in [-0.05, 0) is 6.42 Å². The van der Waals surface area contributed by atoms with Crippen molar-refractivity contribution in [1.82, 2.24) is 0 Å². The van der Waals surface area contributed by atoms with Crippen molar-refractivity contribution >= 4 is 24.6 Å². The molecule has 52 valence electrons. The molecule has 0 radical (unpaired) electrons. The molecule has 0 aromatic rings. The maximum atomic E-state index is 9.87. The maximum absolute atomic E-state index is 9.87. The summed E-state index contributed by atoms with van der Waals surface area (Å²) in [6.07, 6.45) is 1.84. The van der Waals surface area contributed by atoms with Crippen molar-refractivity contribution < 1.29 is 8.76 Å². The molecule has 0 aliphatic heterocycles. The Labute approximate surface area is 59.4 Å². The Kier molecular flexibility index (Phi) is 10.5. The van der Waals surface area contributed by atoms with E-state index >= 15 is 0 Å². The first kappa shape index (κ1) is 11.3. The summed E-state index contributed by atoms with van der Waals surface area (Å²) in [5.74, 6) is 0.427. The molecule has 8 heavy (non-hydrogen) atoms.